The zero-order valence-electron chi connectivity index (χ0n) is 12.0. The van der Waals surface area contributed by atoms with Gasteiger partial charge in [-0.25, -0.2) is 0 Å². The van der Waals surface area contributed by atoms with E-state index in [-0.39, 0.29) is 12.4 Å². The summed E-state index contributed by atoms with van der Waals surface area (Å²) in [5.41, 5.74) is 0. The minimum Gasteiger partial charge on any atom is -1.00 e. The Balaban J connectivity index is 0.00000256. The van der Waals surface area contributed by atoms with Crippen LogP contribution >= 0.6 is 0 Å². The molecule has 1 heterocycles. The highest BCUT2D eigenvalue weighted by molar-refractivity contribution is 4.55. The molecule has 104 valence electrons. The average molecular weight is 262 g/mol. The number of hydrogen-bond acceptors (Lipinski definition) is 0. The smallest absolute Gasteiger partial charge is 0.0786 e. The second-order valence-electron chi connectivity index (χ2n) is 5.71. The summed E-state index contributed by atoms with van der Waals surface area (Å²) in [6.45, 7) is 10.5. The summed E-state index contributed by atoms with van der Waals surface area (Å²) < 4.78 is 1.47. The van der Waals surface area contributed by atoms with E-state index >= 15 is 0 Å². The van der Waals surface area contributed by atoms with Gasteiger partial charge in [-0.05, 0) is 44.9 Å². The molecule has 0 atom stereocenters. The molecule has 0 saturated carbocycles. The first-order valence-electron chi connectivity index (χ1n) is 7.68. The van der Waals surface area contributed by atoms with Gasteiger partial charge >= 0.3 is 0 Å². The van der Waals surface area contributed by atoms with Crippen molar-refractivity contribution in [3.8, 4) is 0 Å². The molecule has 1 fully saturated rings. The number of halogens is 1. The number of hydrogen-bond donors (Lipinski definition) is 0. The maximum absolute atomic E-state index is 2.32. The fraction of sp³-hybridized carbons (Fsp3) is 1.00. The third-order valence-corrected chi connectivity index (χ3v) is 4.24. The molecule has 17 heavy (non-hydrogen) atoms. The van der Waals surface area contributed by atoms with E-state index in [1.165, 1.54) is 88.4 Å². The second kappa shape index (κ2) is 10.2. The molecule has 0 aromatic rings. The Hall–Kier alpha value is 0.250. The van der Waals surface area contributed by atoms with Crippen LogP contribution in [-0.2, 0) is 0 Å². The van der Waals surface area contributed by atoms with Gasteiger partial charge in [-0.2, -0.15) is 0 Å². The highest BCUT2D eigenvalue weighted by Gasteiger charge is 2.28. The van der Waals surface area contributed by atoms with Crippen LogP contribution in [0.2, 0.25) is 0 Å². The standard InChI is InChI=1S/C15H32N.ClH/c1-3-5-8-12-16(13-9-6-4-2)14-10-7-11-15-16;/h3-15H2,1-2H3;1H/q+1;/p-1. The minimum atomic E-state index is 0. The molecule has 0 aromatic carbocycles. The Labute approximate surface area is 115 Å². The van der Waals surface area contributed by atoms with Crippen LogP contribution in [0.25, 0.3) is 0 Å². The Morgan fingerprint density at radius 1 is 0.706 bits per heavy atom. The van der Waals surface area contributed by atoms with E-state index in [4.69, 9.17) is 0 Å². The van der Waals surface area contributed by atoms with Crippen LogP contribution in [0, 0.1) is 0 Å². The van der Waals surface area contributed by atoms with Crippen molar-refractivity contribution in [3.05, 3.63) is 0 Å². The molecule has 0 radical (unpaired) electrons. The summed E-state index contributed by atoms with van der Waals surface area (Å²) in [5, 5.41) is 0. The largest absolute Gasteiger partial charge is 1.00 e. The van der Waals surface area contributed by atoms with E-state index in [9.17, 15) is 0 Å². The molecule has 0 N–H and O–H groups in total. The highest BCUT2D eigenvalue weighted by atomic mass is 35.5. The first kappa shape index (κ1) is 17.2. The molecule has 1 aliphatic rings. The van der Waals surface area contributed by atoms with Crippen LogP contribution in [-0.4, -0.2) is 30.7 Å². The first-order chi connectivity index (χ1) is 7.83. The lowest BCUT2D eigenvalue weighted by atomic mass is 10.0. The van der Waals surface area contributed by atoms with Gasteiger partial charge in [-0.1, -0.05) is 26.7 Å². The molecule has 0 spiro atoms. The Morgan fingerprint density at radius 3 is 1.59 bits per heavy atom. The molecular weight excluding hydrogens is 230 g/mol. The minimum absolute atomic E-state index is 0. The highest BCUT2D eigenvalue weighted by Crippen LogP contribution is 2.21. The van der Waals surface area contributed by atoms with Gasteiger partial charge in [-0.3, -0.25) is 0 Å². The van der Waals surface area contributed by atoms with E-state index < -0.39 is 0 Å². The fourth-order valence-electron chi connectivity index (χ4n) is 3.14. The third kappa shape index (κ3) is 6.67. The van der Waals surface area contributed by atoms with Crippen LogP contribution in [0.1, 0.15) is 71.6 Å². The molecule has 2 heteroatoms. The maximum Gasteiger partial charge on any atom is 0.0786 e. The van der Waals surface area contributed by atoms with Crippen molar-refractivity contribution in [3.63, 3.8) is 0 Å². The maximum atomic E-state index is 2.32. The van der Waals surface area contributed by atoms with Crippen LogP contribution < -0.4 is 12.4 Å². The molecule has 1 aliphatic heterocycles. The normalized spacial score (nSPS) is 18.7. The van der Waals surface area contributed by atoms with Crippen molar-refractivity contribution in [2.24, 2.45) is 0 Å². The quantitative estimate of drug-likeness (QED) is 0.457. The topological polar surface area (TPSA) is 0 Å². The summed E-state index contributed by atoms with van der Waals surface area (Å²) in [6, 6.07) is 0. The molecule has 1 saturated heterocycles. The molecule has 0 bridgehead atoms. The number of rotatable bonds is 8. The zero-order valence-corrected chi connectivity index (χ0v) is 12.8. The molecule has 0 aromatic heterocycles. The SMILES string of the molecule is CCCCC[N+]1(CCCCC)CCCCC1.[Cl-]. The van der Waals surface area contributed by atoms with Crippen LogP contribution in [0.4, 0.5) is 0 Å². The summed E-state index contributed by atoms with van der Waals surface area (Å²) in [4.78, 5) is 0. The lowest BCUT2D eigenvalue weighted by Crippen LogP contribution is -3.00. The van der Waals surface area contributed by atoms with Crippen molar-refractivity contribution >= 4 is 0 Å². The van der Waals surface area contributed by atoms with Crippen LogP contribution in [0.5, 0.6) is 0 Å². The summed E-state index contributed by atoms with van der Waals surface area (Å²) >= 11 is 0. The van der Waals surface area contributed by atoms with Gasteiger partial charge in [0.25, 0.3) is 0 Å². The first-order valence-corrected chi connectivity index (χ1v) is 7.68. The van der Waals surface area contributed by atoms with Crippen molar-refractivity contribution in [2.75, 3.05) is 26.2 Å². The third-order valence-electron chi connectivity index (χ3n) is 4.24. The van der Waals surface area contributed by atoms with Crippen molar-refractivity contribution in [1.29, 1.82) is 0 Å². The van der Waals surface area contributed by atoms with Gasteiger partial charge in [0.1, 0.15) is 0 Å². The number of nitrogens with zero attached hydrogens (tertiary/aromatic N) is 1. The lowest BCUT2D eigenvalue weighted by Gasteiger charge is -2.42. The molecule has 0 amide bonds. The van der Waals surface area contributed by atoms with Gasteiger partial charge < -0.3 is 16.9 Å². The Kier molecular flexibility index (Phi) is 10.3. The van der Waals surface area contributed by atoms with E-state index in [0.29, 0.717) is 0 Å². The van der Waals surface area contributed by atoms with Crippen LogP contribution in [0.15, 0.2) is 0 Å². The predicted octanol–water partition coefficient (Wildman–Crippen LogP) is 1.37. The van der Waals surface area contributed by atoms with Gasteiger partial charge in [0, 0.05) is 0 Å². The average Bonchev–Trinajstić information content (AvgIpc) is 2.31. The predicted molar refractivity (Wildman–Crippen MR) is 72.6 cm³/mol. The fourth-order valence-corrected chi connectivity index (χ4v) is 3.14. The number of likely N-dealkylation sites (tertiary alicyclic amines) is 1. The molecule has 1 rings (SSSR count). The number of quaternary nitrogens is 1. The molecule has 0 unspecified atom stereocenters. The summed E-state index contributed by atoms with van der Waals surface area (Å²) in [5.74, 6) is 0. The van der Waals surface area contributed by atoms with Crippen molar-refractivity contribution < 1.29 is 16.9 Å². The summed E-state index contributed by atoms with van der Waals surface area (Å²) in [6.07, 6.45) is 13.0. The van der Waals surface area contributed by atoms with E-state index in [2.05, 4.69) is 13.8 Å². The number of unbranched alkanes of at least 4 members (excludes halogenated alkanes) is 4. The Bertz CT molecular complexity index is 152. The van der Waals surface area contributed by atoms with E-state index in [1.807, 2.05) is 0 Å². The van der Waals surface area contributed by atoms with Gasteiger partial charge in [0.2, 0.25) is 0 Å². The van der Waals surface area contributed by atoms with Crippen LogP contribution in [0.3, 0.4) is 0 Å². The molecular formula is C15H32ClN. The van der Waals surface area contributed by atoms with E-state index in [0.717, 1.165) is 0 Å². The molecule has 0 aliphatic carbocycles. The lowest BCUT2D eigenvalue weighted by molar-refractivity contribution is -0.932. The van der Waals surface area contributed by atoms with Crippen molar-refractivity contribution in [2.45, 2.75) is 71.6 Å². The summed E-state index contributed by atoms with van der Waals surface area (Å²) in [7, 11) is 0. The Morgan fingerprint density at radius 2 is 1.18 bits per heavy atom. The van der Waals surface area contributed by atoms with E-state index in [1.54, 1.807) is 0 Å². The monoisotopic (exact) mass is 261 g/mol. The zero-order chi connectivity index (χ0) is 11.7. The van der Waals surface area contributed by atoms with Gasteiger partial charge in [-0.15, -0.1) is 0 Å². The van der Waals surface area contributed by atoms with Gasteiger partial charge in [0.05, 0.1) is 26.2 Å². The van der Waals surface area contributed by atoms with Gasteiger partial charge in [0.15, 0.2) is 0 Å². The molecule has 1 nitrogen and oxygen atoms in total. The second-order valence-corrected chi connectivity index (χ2v) is 5.71. The van der Waals surface area contributed by atoms with Crippen molar-refractivity contribution in [1.82, 2.24) is 0 Å². The number of piperidine rings is 1.